The third-order valence-electron chi connectivity index (χ3n) is 18.7. The van der Waals surface area contributed by atoms with Crippen molar-refractivity contribution in [3.05, 3.63) is 109 Å². The number of allylic oxidation sites excluding steroid dienone is 17. The SMILES string of the molecule is CC/C=C\C/C=C\C/C=C\C/C=C\C/C=C\C/C=C\C/C=C\CCCCCCCCCCCCCCCC(=O)NC(COC1OC(CO)C(OC2OC(CO)C(O)C(O)C2O)C(O)C1O)C(O)/C=C/CC/C=C/CCCCCCCCCCCCCCCCCCCCCCCC. The molecule has 0 aromatic carbocycles. The molecule has 9 N–H and O–H groups in total. The van der Waals surface area contributed by atoms with Crippen molar-refractivity contribution in [3.8, 4) is 0 Å². The Morgan fingerprint density at radius 1 is 0.381 bits per heavy atom. The van der Waals surface area contributed by atoms with E-state index in [0.29, 0.717) is 12.8 Å². The average Bonchev–Trinajstić information content (AvgIpc) is 0.793. The Bertz CT molecular complexity index is 2050. The summed E-state index contributed by atoms with van der Waals surface area (Å²) in [6.07, 6.45) is 78.7. The van der Waals surface area contributed by atoms with Gasteiger partial charge in [-0.15, -0.1) is 0 Å². The van der Waals surface area contributed by atoms with Gasteiger partial charge in [-0.05, 0) is 89.9 Å². The Morgan fingerprint density at radius 3 is 1.13 bits per heavy atom. The molecule has 560 valence electrons. The van der Waals surface area contributed by atoms with Crippen LogP contribution in [-0.2, 0) is 23.7 Å². The van der Waals surface area contributed by atoms with Crippen LogP contribution in [0.1, 0.15) is 316 Å². The average molecular weight is 1370 g/mol. The van der Waals surface area contributed by atoms with Crippen LogP contribution in [-0.4, -0.2) is 140 Å². The van der Waals surface area contributed by atoms with E-state index < -0.39 is 86.8 Å². The van der Waals surface area contributed by atoms with E-state index in [0.717, 1.165) is 83.5 Å². The molecule has 12 unspecified atom stereocenters. The van der Waals surface area contributed by atoms with Gasteiger partial charge in [0, 0.05) is 6.42 Å². The number of nitrogens with one attached hydrogen (secondary N) is 1. The first-order valence-corrected chi connectivity index (χ1v) is 39.6. The number of aliphatic hydroxyl groups excluding tert-OH is 8. The minimum absolute atomic E-state index is 0.251. The number of amides is 1. The van der Waals surface area contributed by atoms with Crippen LogP contribution in [0.3, 0.4) is 0 Å². The fourth-order valence-corrected chi connectivity index (χ4v) is 12.5. The van der Waals surface area contributed by atoms with Gasteiger partial charge in [-0.1, -0.05) is 329 Å². The van der Waals surface area contributed by atoms with Gasteiger partial charge >= 0.3 is 0 Å². The summed E-state index contributed by atoms with van der Waals surface area (Å²) in [6, 6.07) is -0.941. The molecule has 0 aliphatic carbocycles. The highest BCUT2D eigenvalue weighted by Gasteiger charge is 2.51. The van der Waals surface area contributed by atoms with Crippen LogP contribution < -0.4 is 5.32 Å². The number of ether oxygens (including phenoxy) is 4. The smallest absolute Gasteiger partial charge is 0.220 e. The van der Waals surface area contributed by atoms with Crippen LogP contribution in [0, 0.1) is 0 Å². The maximum Gasteiger partial charge on any atom is 0.220 e. The van der Waals surface area contributed by atoms with Crippen LogP contribution in [0.2, 0.25) is 0 Å². The molecule has 0 spiro atoms. The Balaban J connectivity index is 1.64. The van der Waals surface area contributed by atoms with Gasteiger partial charge in [0.2, 0.25) is 5.91 Å². The minimum Gasteiger partial charge on any atom is -0.394 e. The fraction of sp³-hybridized carbons (Fsp3) is 0.771. The molecule has 14 nitrogen and oxygen atoms in total. The van der Waals surface area contributed by atoms with Crippen LogP contribution in [0.25, 0.3) is 0 Å². The molecule has 0 radical (unpaired) electrons. The van der Waals surface area contributed by atoms with Gasteiger partial charge in [-0.25, -0.2) is 0 Å². The molecule has 0 bridgehead atoms. The third kappa shape index (κ3) is 49.0. The van der Waals surface area contributed by atoms with Gasteiger partial charge in [0.1, 0.15) is 48.8 Å². The largest absolute Gasteiger partial charge is 0.394 e. The van der Waals surface area contributed by atoms with Crippen molar-refractivity contribution in [1.82, 2.24) is 5.32 Å². The van der Waals surface area contributed by atoms with Crippen molar-refractivity contribution in [2.45, 2.75) is 389 Å². The maximum absolute atomic E-state index is 13.4. The van der Waals surface area contributed by atoms with Crippen molar-refractivity contribution >= 4 is 5.91 Å². The van der Waals surface area contributed by atoms with Crippen LogP contribution in [0.15, 0.2) is 109 Å². The molecular weight excluding hydrogens is 1220 g/mol. The normalized spacial score (nSPS) is 22.7. The van der Waals surface area contributed by atoms with Crippen molar-refractivity contribution in [2.75, 3.05) is 19.8 Å². The highest BCUT2D eigenvalue weighted by atomic mass is 16.7. The zero-order valence-electron chi connectivity index (χ0n) is 61.3. The molecule has 1 amide bonds. The Morgan fingerprint density at radius 2 is 0.722 bits per heavy atom. The van der Waals surface area contributed by atoms with E-state index >= 15 is 0 Å². The van der Waals surface area contributed by atoms with Crippen molar-refractivity contribution in [2.24, 2.45) is 0 Å². The molecule has 2 saturated heterocycles. The summed E-state index contributed by atoms with van der Waals surface area (Å²) in [5.41, 5.74) is 0. The van der Waals surface area contributed by atoms with Crippen LogP contribution >= 0.6 is 0 Å². The second kappa shape index (κ2) is 65.9. The second-order valence-corrected chi connectivity index (χ2v) is 27.4. The zero-order valence-corrected chi connectivity index (χ0v) is 61.3. The summed E-state index contributed by atoms with van der Waals surface area (Å²) in [5, 5.41) is 87.6. The van der Waals surface area contributed by atoms with Crippen LogP contribution in [0.4, 0.5) is 0 Å². The minimum atomic E-state index is -1.80. The lowest BCUT2D eigenvalue weighted by Gasteiger charge is -2.46. The van der Waals surface area contributed by atoms with Gasteiger partial charge in [-0.2, -0.15) is 0 Å². The molecule has 2 heterocycles. The van der Waals surface area contributed by atoms with Crippen LogP contribution in [0.5, 0.6) is 0 Å². The summed E-state index contributed by atoms with van der Waals surface area (Å²) in [5.74, 6) is -0.251. The number of hydrogen-bond donors (Lipinski definition) is 9. The third-order valence-corrected chi connectivity index (χ3v) is 18.7. The Kier molecular flexibility index (Phi) is 61.0. The fourth-order valence-electron chi connectivity index (χ4n) is 12.5. The molecule has 14 heteroatoms. The molecule has 2 rings (SSSR count). The highest BCUT2D eigenvalue weighted by Crippen LogP contribution is 2.30. The molecule has 2 fully saturated rings. The van der Waals surface area contributed by atoms with E-state index in [1.54, 1.807) is 6.08 Å². The quantitative estimate of drug-likeness (QED) is 0.0204. The predicted octanol–water partition coefficient (Wildman–Crippen LogP) is 17.9. The molecule has 2 aliphatic rings. The van der Waals surface area contributed by atoms with Gasteiger partial charge in [-0.3, -0.25) is 4.79 Å². The Hall–Kier alpha value is -3.35. The Labute approximate surface area is 591 Å². The maximum atomic E-state index is 13.4. The molecule has 0 saturated carbocycles. The van der Waals surface area contributed by atoms with Crippen molar-refractivity contribution in [1.29, 1.82) is 0 Å². The first-order valence-electron chi connectivity index (χ1n) is 39.6. The van der Waals surface area contributed by atoms with E-state index in [1.165, 1.54) is 199 Å². The van der Waals surface area contributed by atoms with Crippen molar-refractivity contribution in [3.63, 3.8) is 0 Å². The summed E-state index contributed by atoms with van der Waals surface area (Å²) in [4.78, 5) is 13.4. The summed E-state index contributed by atoms with van der Waals surface area (Å²) in [6.45, 7) is 2.70. The monoisotopic (exact) mass is 1360 g/mol. The lowest BCUT2D eigenvalue weighted by molar-refractivity contribution is -0.359. The predicted molar refractivity (Wildman–Crippen MR) is 401 cm³/mol. The molecule has 0 aromatic rings. The number of unbranched alkanes of at least 4 members (excludes halogenated alkanes) is 36. The first-order chi connectivity index (χ1) is 47.6. The first kappa shape index (κ1) is 89.7. The number of rotatable bonds is 65. The topological polar surface area (TPSA) is 228 Å². The molecule has 2 aliphatic heterocycles. The number of aliphatic hydroxyl groups is 8. The molecule has 12 atom stereocenters. The second-order valence-electron chi connectivity index (χ2n) is 27.4. The lowest BCUT2D eigenvalue weighted by Crippen LogP contribution is -2.65. The molecule has 0 aromatic heterocycles. The number of hydrogen-bond acceptors (Lipinski definition) is 13. The van der Waals surface area contributed by atoms with Gasteiger partial charge in [0.05, 0.1) is 32.0 Å². The number of carbonyl (C=O) groups excluding carboxylic acids is 1. The highest BCUT2D eigenvalue weighted by molar-refractivity contribution is 5.76. The van der Waals surface area contributed by atoms with Crippen molar-refractivity contribution < 1.29 is 64.6 Å². The van der Waals surface area contributed by atoms with Gasteiger partial charge in [0.15, 0.2) is 12.6 Å². The van der Waals surface area contributed by atoms with Gasteiger partial charge in [0.25, 0.3) is 0 Å². The number of carbonyl (C=O) groups is 1. The van der Waals surface area contributed by atoms with Gasteiger partial charge < -0.3 is 65.1 Å². The van der Waals surface area contributed by atoms with E-state index in [4.69, 9.17) is 18.9 Å². The van der Waals surface area contributed by atoms with E-state index in [-0.39, 0.29) is 18.9 Å². The van der Waals surface area contributed by atoms with E-state index in [1.807, 2.05) is 6.08 Å². The van der Waals surface area contributed by atoms with E-state index in [9.17, 15) is 45.6 Å². The van der Waals surface area contributed by atoms with E-state index in [2.05, 4.69) is 116 Å². The molecule has 97 heavy (non-hydrogen) atoms. The standard InChI is InChI=1S/C83H145NO13/c1-3-5-7-9-11-13-15-17-19-21-23-25-27-29-31-33-34-35-36-37-38-39-41-43-45-47-49-51-53-55-57-59-61-63-65-67-75(88)84-71(70-94-82-80(93)78(91)81(74(69-86)96-82)97-83-79(92)77(90)76(89)73(68-85)95-83)72(87)66-64-62-60-58-56-54-52-50-48-46-44-42-40-32-30-28-26-24-22-20-18-16-14-12-10-8-6-4-2/h5,7,11,13,17,19,23,25,29,31,34-35,37-38,56,58,64,66,71-74,76-83,85-87,89-93H,3-4,6,8-10,12,14-16,18,20-22,24,26-28,30,32-33,36,39-55,57,59-63,65,67-70H2,1-2H3,(H,84,88)/b7-5-,13-11-,19-17-,25-23-,31-29-,35-34-,38-37-,58-56+,66-64+. The zero-order chi connectivity index (χ0) is 70.1. The molecular formula is C83H145NO13. The summed E-state index contributed by atoms with van der Waals surface area (Å²) < 4.78 is 22.9. The lowest BCUT2D eigenvalue weighted by atomic mass is 9.97. The summed E-state index contributed by atoms with van der Waals surface area (Å²) >= 11 is 0. The summed E-state index contributed by atoms with van der Waals surface area (Å²) in [7, 11) is 0.